The highest BCUT2D eigenvalue weighted by molar-refractivity contribution is 6.03. The van der Waals surface area contributed by atoms with Crippen molar-refractivity contribution >= 4 is 35.0 Å². The Morgan fingerprint density at radius 2 is 1.66 bits per heavy atom. The van der Waals surface area contributed by atoms with Gasteiger partial charge >= 0.3 is 0 Å². The van der Waals surface area contributed by atoms with E-state index in [1.54, 1.807) is 18.2 Å². The maximum absolute atomic E-state index is 13.8. The van der Waals surface area contributed by atoms with Crippen LogP contribution in [0.15, 0.2) is 78.9 Å². The maximum Gasteiger partial charge on any atom is 0.248 e. The standard InChI is InChI=1S/C34H41N5O2/c1-3-38(4-2)29-21-22-39(23-29)33(34(41)36-28-18-16-26(17-19-28)25-14-15-25)27-12-9-24(10-13-27)11-20-32(40)37-31-8-6-5-7-30(31)35/h5-13,16-20,25,29,33H,3-4,14-15,21-23,35H2,1-2H3,(H,36,41)(H,37,40)/b20-11+. The average Bonchev–Trinajstić information content (AvgIpc) is 3.73. The van der Waals surface area contributed by atoms with Crippen LogP contribution in [0.25, 0.3) is 6.08 Å². The Hall–Kier alpha value is -3.94. The first-order valence-corrected chi connectivity index (χ1v) is 14.8. The fraction of sp³-hybridized carbons (Fsp3) is 0.353. The van der Waals surface area contributed by atoms with Crippen LogP contribution in [0, 0.1) is 0 Å². The molecule has 0 spiro atoms. The summed E-state index contributed by atoms with van der Waals surface area (Å²) in [6.07, 6.45) is 6.82. The van der Waals surface area contributed by atoms with Gasteiger partial charge in [-0.2, -0.15) is 0 Å². The molecule has 0 bridgehead atoms. The first-order chi connectivity index (χ1) is 19.9. The largest absolute Gasteiger partial charge is 0.397 e. The molecule has 1 heterocycles. The summed E-state index contributed by atoms with van der Waals surface area (Å²) in [4.78, 5) is 31.0. The minimum atomic E-state index is -0.402. The molecule has 2 aliphatic rings. The predicted octanol–water partition coefficient (Wildman–Crippen LogP) is 5.89. The van der Waals surface area contributed by atoms with Crippen molar-refractivity contribution in [2.75, 3.05) is 42.5 Å². The number of carbonyl (C=O) groups is 2. The first kappa shape index (κ1) is 28.6. The molecular formula is C34H41N5O2. The number of rotatable bonds is 11. The Bertz CT molecular complexity index is 1360. The topological polar surface area (TPSA) is 90.7 Å². The average molecular weight is 552 g/mol. The van der Waals surface area contributed by atoms with Crippen molar-refractivity contribution in [3.63, 3.8) is 0 Å². The molecule has 5 rings (SSSR count). The lowest BCUT2D eigenvalue weighted by atomic mass is 10.0. The number of benzene rings is 3. The predicted molar refractivity (Wildman–Crippen MR) is 168 cm³/mol. The summed E-state index contributed by atoms with van der Waals surface area (Å²) >= 11 is 0. The Morgan fingerprint density at radius 1 is 0.951 bits per heavy atom. The Labute approximate surface area is 243 Å². The van der Waals surface area contributed by atoms with Crippen LogP contribution in [0.5, 0.6) is 0 Å². The van der Waals surface area contributed by atoms with E-state index in [0.717, 1.165) is 49.4 Å². The van der Waals surface area contributed by atoms with Crippen molar-refractivity contribution in [1.29, 1.82) is 0 Å². The highest BCUT2D eigenvalue weighted by Crippen LogP contribution is 2.40. The van der Waals surface area contributed by atoms with Crippen LogP contribution < -0.4 is 16.4 Å². The van der Waals surface area contributed by atoms with Crippen molar-refractivity contribution in [3.8, 4) is 0 Å². The van der Waals surface area contributed by atoms with E-state index in [0.29, 0.717) is 23.3 Å². The summed E-state index contributed by atoms with van der Waals surface area (Å²) in [5.41, 5.74) is 11.0. The third-order valence-electron chi connectivity index (χ3n) is 8.26. The third-order valence-corrected chi connectivity index (χ3v) is 8.26. The smallest absolute Gasteiger partial charge is 0.248 e. The van der Waals surface area contributed by atoms with Gasteiger partial charge in [0.05, 0.1) is 11.4 Å². The number of nitrogens with one attached hydrogen (secondary N) is 2. The zero-order valence-electron chi connectivity index (χ0n) is 24.1. The van der Waals surface area contributed by atoms with Gasteiger partial charge in [0, 0.05) is 30.9 Å². The van der Waals surface area contributed by atoms with E-state index in [1.165, 1.54) is 24.5 Å². The monoisotopic (exact) mass is 551 g/mol. The molecule has 2 unspecified atom stereocenters. The molecule has 7 heteroatoms. The summed E-state index contributed by atoms with van der Waals surface area (Å²) < 4.78 is 0. The van der Waals surface area contributed by atoms with Crippen molar-refractivity contribution in [3.05, 3.63) is 95.6 Å². The summed E-state index contributed by atoms with van der Waals surface area (Å²) in [6.45, 7) is 8.12. The summed E-state index contributed by atoms with van der Waals surface area (Å²) in [5, 5.41) is 5.99. The number of nitrogens with two attached hydrogens (primary N) is 1. The van der Waals surface area contributed by atoms with E-state index in [1.807, 2.05) is 48.5 Å². The molecule has 214 valence electrons. The lowest BCUT2D eigenvalue weighted by molar-refractivity contribution is -0.121. The number of likely N-dealkylation sites (tertiary alicyclic amines) is 1. The van der Waals surface area contributed by atoms with Crippen molar-refractivity contribution in [2.45, 2.75) is 51.1 Å². The van der Waals surface area contributed by atoms with Crippen LogP contribution in [-0.4, -0.2) is 53.8 Å². The fourth-order valence-corrected chi connectivity index (χ4v) is 5.78. The summed E-state index contributed by atoms with van der Waals surface area (Å²) in [6, 6.07) is 23.4. The van der Waals surface area contributed by atoms with Gasteiger partial charge in [0.2, 0.25) is 11.8 Å². The zero-order chi connectivity index (χ0) is 28.8. The first-order valence-electron chi connectivity index (χ1n) is 14.8. The third kappa shape index (κ3) is 7.23. The van der Waals surface area contributed by atoms with Crippen LogP contribution >= 0.6 is 0 Å². The lowest BCUT2D eigenvalue weighted by Crippen LogP contribution is -2.40. The van der Waals surface area contributed by atoms with Gasteiger partial charge in [0.1, 0.15) is 6.04 Å². The molecule has 7 nitrogen and oxygen atoms in total. The molecule has 41 heavy (non-hydrogen) atoms. The normalized spacial score (nSPS) is 18.1. The number of amides is 2. The second kappa shape index (κ2) is 13.1. The van der Waals surface area contributed by atoms with Crippen LogP contribution in [0.3, 0.4) is 0 Å². The van der Waals surface area contributed by atoms with Crippen molar-refractivity contribution in [2.24, 2.45) is 0 Å². The quantitative estimate of drug-likeness (QED) is 0.204. The van der Waals surface area contributed by atoms with Gasteiger partial charge in [-0.05, 0) is 85.3 Å². The molecule has 2 amide bonds. The molecule has 4 N–H and O–H groups in total. The van der Waals surface area contributed by atoms with Crippen molar-refractivity contribution in [1.82, 2.24) is 9.80 Å². The SMILES string of the molecule is CCN(CC)C1CCN(C(C(=O)Nc2ccc(C3CC3)cc2)c2ccc(/C=C/C(=O)Nc3ccccc3N)cc2)C1. The van der Waals surface area contributed by atoms with Gasteiger partial charge in [-0.15, -0.1) is 0 Å². The number of hydrogen-bond acceptors (Lipinski definition) is 5. The minimum Gasteiger partial charge on any atom is -0.397 e. The number of nitrogen functional groups attached to an aromatic ring is 1. The van der Waals surface area contributed by atoms with Gasteiger partial charge in [0.25, 0.3) is 0 Å². The molecule has 3 aromatic carbocycles. The van der Waals surface area contributed by atoms with Crippen LogP contribution in [0.4, 0.5) is 17.1 Å². The number of likely N-dealkylation sites (N-methyl/N-ethyl adjacent to an activating group) is 1. The second-order valence-corrected chi connectivity index (χ2v) is 11.0. The minimum absolute atomic E-state index is 0.0208. The fourth-order valence-electron chi connectivity index (χ4n) is 5.78. The van der Waals surface area contributed by atoms with Gasteiger partial charge < -0.3 is 16.4 Å². The Morgan fingerprint density at radius 3 is 2.32 bits per heavy atom. The van der Waals surface area contributed by atoms with Gasteiger partial charge in [-0.25, -0.2) is 0 Å². The van der Waals surface area contributed by atoms with E-state index < -0.39 is 6.04 Å². The molecule has 0 radical (unpaired) electrons. The molecule has 2 fully saturated rings. The van der Waals surface area contributed by atoms with E-state index in [-0.39, 0.29) is 11.8 Å². The molecule has 2 atom stereocenters. The molecule has 0 aromatic heterocycles. The molecule has 1 saturated carbocycles. The number of para-hydroxylation sites is 2. The molecule has 1 aliphatic carbocycles. The summed E-state index contributed by atoms with van der Waals surface area (Å²) in [7, 11) is 0. The molecule has 3 aromatic rings. The van der Waals surface area contributed by atoms with E-state index >= 15 is 0 Å². The van der Waals surface area contributed by atoms with Crippen LogP contribution in [0.2, 0.25) is 0 Å². The summed E-state index contributed by atoms with van der Waals surface area (Å²) in [5.74, 6) is 0.410. The molecular weight excluding hydrogens is 510 g/mol. The number of carbonyl (C=O) groups excluding carboxylic acids is 2. The van der Waals surface area contributed by atoms with Crippen molar-refractivity contribution < 1.29 is 9.59 Å². The van der Waals surface area contributed by atoms with E-state index in [9.17, 15) is 9.59 Å². The number of hydrogen-bond donors (Lipinski definition) is 3. The van der Waals surface area contributed by atoms with Gasteiger partial charge in [-0.3, -0.25) is 19.4 Å². The Balaban J connectivity index is 1.30. The maximum atomic E-state index is 13.8. The molecule has 1 saturated heterocycles. The second-order valence-electron chi connectivity index (χ2n) is 11.0. The van der Waals surface area contributed by atoms with Gasteiger partial charge in [-0.1, -0.05) is 62.4 Å². The van der Waals surface area contributed by atoms with E-state index in [4.69, 9.17) is 5.73 Å². The highest BCUT2D eigenvalue weighted by Gasteiger charge is 2.35. The number of anilines is 3. The zero-order valence-corrected chi connectivity index (χ0v) is 24.1. The number of nitrogens with zero attached hydrogens (tertiary/aromatic N) is 2. The Kier molecular flexibility index (Phi) is 9.17. The highest BCUT2D eigenvalue weighted by atomic mass is 16.2. The van der Waals surface area contributed by atoms with Crippen LogP contribution in [-0.2, 0) is 9.59 Å². The van der Waals surface area contributed by atoms with Gasteiger partial charge in [0.15, 0.2) is 0 Å². The van der Waals surface area contributed by atoms with Crippen LogP contribution in [0.1, 0.15) is 61.8 Å². The lowest BCUT2D eigenvalue weighted by Gasteiger charge is -2.30. The van der Waals surface area contributed by atoms with E-state index in [2.05, 4.69) is 46.4 Å². The molecule has 1 aliphatic heterocycles.